The zero-order valence-electron chi connectivity index (χ0n) is 12.2. The fraction of sp³-hybridized carbons (Fsp3) is 0.625. The second kappa shape index (κ2) is 5.43. The van der Waals surface area contributed by atoms with Crippen molar-refractivity contribution in [3.8, 4) is 0 Å². The molecule has 0 saturated heterocycles. The summed E-state index contributed by atoms with van der Waals surface area (Å²) in [6.45, 7) is 2.15. The maximum Gasteiger partial charge on any atom is 0.255 e. The molecule has 3 rings (SSSR count). The third-order valence-electron chi connectivity index (χ3n) is 5.13. The van der Waals surface area contributed by atoms with Crippen molar-refractivity contribution in [2.24, 2.45) is 17.8 Å². The molecule has 2 bridgehead atoms. The van der Waals surface area contributed by atoms with Gasteiger partial charge in [-0.1, -0.05) is 6.42 Å². The molecule has 4 nitrogen and oxygen atoms in total. The zero-order valence-corrected chi connectivity index (χ0v) is 12.2. The molecule has 4 heteroatoms. The number of amides is 1. The fourth-order valence-corrected chi connectivity index (χ4v) is 4.09. The van der Waals surface area contributed by atoms with Gasteiger partial charge in [-0.25, -0.2) is 0 Å². The summed E-state index contributed by atoms with van der Waals surface area (Å²) < 4.78 is 0. The number of carbonyl (C=O) groups excluding carboxylic acids is 1. The summed E-state index contributed by atoms with van der Waals surface area (Å²) >= 11 is 0. The fourth-order valence-electron chi connectivity index (χ4n) is 4.09. The van der Waals surface area contributed by atoms with E-state index in [9.17, 15) is 4.79 Å². The van der Waals surface area contributed by atoms with Gasteiger partial charge in [0.05, 0.1) is 5.56 Å². The van der Waals surface area contributed by atoms with Crippen LogP contribution in [0.5, 0.6) is 0 Å². The molecular weight excluding hydrogens is 250 g/mol. The van der Waals surface area contributed by atoms with Gasteiger partial charge in [-0.3, -0.25) is 9.78 Å². The van der Waals surface area contributed by atoms with E-state index in [-0.39, 0.29) is 11.9 Å². The molecule has 4 unspecified atom stereocenters. The highest BCUT2D eigenvalue weighted by Gasteiger charge is 2.42. The number of hydrogen-bond acceptors (Lipinski definition) is 3. The minimum atomic E-state index is -0.0160. The van der Waals surface area contributed by atoms with Crippen LogP contribution in [0.25, 0.3) is 0 Å². The van der Waals surface area contributed by atoms with Crippen molar-refractivity contribution in [3.63, 3.8) is 0 Å². The largest absolute Gasteiger partial charge is 0.387 e. The molecule has 0 aromatic carbocycles. The Kier molecular flexibility index (Phi) is 3.64. The van der Waals surface area contributed by atoms with Crippen LogP contribution in [0.4, 0.5) is 5.69 Å². The van der Waals surface area contributed by atoms with E-state index in [1.165, 1.54) is 25.7 Å². The van der Waals surface area contributed by atoms with Gasteiger partial charge < -0.3 is 10.6 Å². The Bertz CT molecular complexity index is 502. The molecule has 2 N–H and O–H groups in total. The summed E-state index contributed by atoms with van der Waals surface area (Å²) in [5.74, 6) is 2.38. The van der Waals surface area contributed by atoms with Crippen LogP contribution in [0.3, 0.4) is 0 Å². The average molecular weight is 273 g/mol. The van der Waals surface area contributed by atoms with Crippen molar-refractivity contribution < 1.29 is 4.79 Å². The van der Waals surface area contributed by atoms with Crippen LogP contribution in [-0.2, 0) is 0 Å². The van der Waals surface area contributed by atoms with E-state index in [0.717, 1.165) is 17.5 Å². The topological polar surface area (TPSA) is 54.0 Å². The van der Waals surface area contributed by atoms with Crippen LogP contribution < -0.4 is 10.6 Å². The van der Waals surface area contributed by atoms with Gasteiger partial charge in [0, 0.05) is 31.2 Å². The quantitative estimate of drug-likeness (QED) is 0.887. The number of carbonyl (C=O) groups is 1. The monoisotopic (exact) mass is 273 g/mol. The van der Waals surface area contributed by atoms with Crippen molar-refractivity contribution in [2.45, 2.75) is 38.6 Å². The Balaban J connectivity index is 1.66. The van der Waals surface area contributed by atoms with Crippen LogP contribution in [-0.4, -0.2) is 24.0 Å². The number of nitrogens with zero attached hydrogens (tertiary/aromatic N) is 1. The molecule has 20 heavy (non-hydrogen) atoms. The molecule has 108 valence electrons. The second-order valence-electron chi connectivity index (χ2n) is 6.27. The Morgan fingerprint density at radius 2 is 2.25 bits per heavy atom. The van der Waals surface area contributed by atoms with Crippen LogP contribution in [0, 0.1) is 17.8 Å². The lowest BCUT2D eigenvalue weighted by Crippen LogP contribution is -2.40. The van der Waals surface area contributed by atoms with E-state index >= 15 is 0 Å². The Morgan fingerprint density at radius 1 is 1.40 bits per heavy atom. The lowest BCUT2D eigenvalue weighted by atomic mass is 9.84. The summed E-state index contributed by atoms with van der Waals surface area (Å²) in [6.07, 6.45) is 8.74. The SMILES string of the molecule is CNc1ccncc1C(=O)NC(C)C1CC2CCC1C2. The third kappa shape index (κ3) is 2.39. The molecule has 1 heterocycles. The molecule has 1 aromatic rings. The van der Waals surface area contributed by atoms with Crippen molar-refractivity contribution in [2.75, 3.05) is 12.4 Å². The molecular formula is C16H23N3O. The van der Waals surface area contributed by atoms with Gasteiger partial charge in [0.2, 0.25) is 0 Å². The lowest BCUT2D eigenvalue weighted by molar-refractivity contribution is 0.0916. The summed E-state index contributed by atoms with van der Waals surface area (Å²) in [5, 5.41) is 6.22. The maximum absolute atomic E-state index is 12.4. The second-order valence-corrected chi connectivity index (χ2v) is 6.27. The van der Waals surface area contributed by atoms with Gasteiger partial charge >= 0.3 is 0 Å². The van der Waals surface area contributed by atoms with Crippen LogP contribution in [0.2, 0.25) is 0 Å². The van der Waals surface area contributed by atoms with Crippen LogP contribution in [0.15, 0.2) is 18.5 Å². The zero-order chi connectivity index (χ0) is 14.1. The van der Waals surface area contributed by atoms with Gasteiger partial charge in [-0.15, -0.1) is 0 Å². The summed E-state index contributed by atoms with van der Waals surface area (Å²) in [7, 11) is 1.82. The third-order valence-corrected chi connectivity index (χ3v) is 5.13. The summed E-state index contributed by atoms with van der Waals surface area (Å²) in [6, 6.07) is 2.08. The first-order valence-electron chi connectivity index (χ1n) is 7.61. The Morgan fingerprint density at radius 3 is 2.90 bits per heavy atom. The lowest BCUT2D eigenvalue weighted by Gasteiger charge is -2.28. The molecule has 0 spiro atoms. The minimum absolute atomic E-state index is 0.0160. The standard InChI is InChI=1S/C16H23N3O/c1-10(13-8-11-3-4-12(13)7-11)19-16(20)14-9-18-6-5-15(14)17-2/h5-6,9-13H,3-4,7-8H2,1-2H3,(H,17,18)(H,19,20). The van der Waals surface area contributed by atoms with E-state index in [4.69, 9.17) is 0 Å². The number of nitrogens with one attached hydrogen (secondary N) is 2. The molecule has 2 aliphatic carbocycles. The first-order valence-corrected chi connectivity index (χ1v) is 7.61. The summed E-state index contributed by atoms with van der Waals surface area (Å²) in [5.41, 5.74) is 1.46. The van der Waals surface area contributed by atoms with E-state index in [2.05, 4.69) is 22.5 Å². The Labute approximate surface area is 120 Å². The molecule has 2 aliphatic rings. The molecule has 0 radical (unpaired) electrons. The van der Waals surface area contributed by atoms with Crippen molar-refractivity contribution in [1.82, 2.24) is 10.3 Å². The van der Waals surface area contributed by atoms with E-state index in [0.29, 0.717) is 11.5 Å². The number of hydrogen-bond donors (Lipinski definition) is 2. The molecule has 4 atom stereocenters. The Hall–Kier alpha value is -1.58. The van der Waals surface area contributed by atoms with Crippen LogP contribution >= 0.6 is 0 Å². The predicted molar refractivity (Wildman–Crippen MR) is 79.6 cm³/mol. The molecule has 2 saturated carbocycles. The van der Waals surface area contributed by atoms with Gasteiger partial charge in [0.15, 0.2) is 0 Å². The van der Waals surface area contributed by atoms with E-state index < -0.39 is 0 Å². The highest BCUT2D eigenvalue weighted by molar-refractivity contribution is 5.99. The number of pyridine rings is 1. The van der Waals surface area contributed by atoms with E-state index in [1.807, 2.05) is 13.1 Å². The summed E-state index contributed by atoms with van der Waals surface area (Å²) in [4.78, 5) is 16.5. The van der Waals surface area contributed by atoms with Gasteiger partial charge in [0.25, 0.3) is 5.91 Å². The number of anilines is 1. The van der Waals surface area contributed by atoms with E-state index in [1.54, 1.807) is 12.4 Å². The minimum Gasteiger partial charge on any atom is -0.387 e. The van der Waals surface area contributed by atoms with Gasteiger partial charge in [-0.2, -0.15) is 0 Å². The van der Waals surface area contributed by atoms with Gasteiger partial charge in [-0.05, 0) is 50.0 Å². The number of rotatable bonds is 4. The number of aromatic nitrogens is 1. The predicted octanol–water partition coefficient (Wildman–Crippen LogP) is 2.68. The van der Waals surface area contributed by atoms with Crippen LogP contribution in [0.1, 0.15) is 43.0 Å². The van der Waals surface area contributed by atoms with Crippen molar-refractivity contribution in [1.29, 1.82) is 0 Å². The maximum atomic E-state index is 12.4. The molecule has 0 aliphatic heterocycles. The van der Waals surface area contributed by atoms with Gasteiger partial charge in [0.1, 0.15) is 0 Å². The smallest absolute Gasteiger partial charge is 0.255 e. The molecule has 1 amide bonds. The normalized spacial score (nSPS) is 29.2. The molecule has 1 aromatic heterocycles. The first kappa shape index (κ1) is 13.4. The molecule has 2 fully saturated rings. The van der Waals surface area contributed by atoms with Crippen molar-refractivity contribution in [3.05, 3.63) is 24.0 Å². The van der Waals surface area contributed by atoms with Crippen molar-refractivity contribution >= 4 is 11.6 Å². The number of fused-ring (bicyclic) bond motifs is 2. The highest BCUT2D eigenvalue weighted by Crippen LogP contribution is 2.49. The average Bonchev–Trinajstić information content (AvgIpc) is 3.09. The highest BCUT2D eigenvalue weighted by atomic mass is 16.1. The first-order chi connectivity index (χ1) is 9.69.